The van der Waals surface area contributed by atoms with Gasteiger partial charge in [-0.2, -0.15) is 0 Å². The van der Waals surface area contributed by atoms with Crippen LogP contribution in [0.2, 0.25) is 0 Å². The van der Waals surface area contributed by atoms with Crippen LogP contribution in [0, 0.1) is 0 Å². The van der Waals surface area contributed by atoms with Crippen LogP contribution in [-0.2, 0) is 4.79 Å². The van der Waals surface area contributed by atoms with E-state index >= 15 is 0 Å². The van der Waals surface area contributed by atoms with E-state index in [1.54, 1.807) is 0 Å². The summed E-state index contributed by atoms with van der Waals surface area (Å²) in [5, 5.41) is 14.2. The zero-order valence-electron chi connectivity index (χ0n) is 18.6. The van der Waals surface area contributed by atoms with Gasteiger partial charge >= 0.3 is 0 Å². The fourth-order valence-corrected chi connectivity index (χ4v) is 8.16. The molecule has 0 aliphatic rings. The van der Waals surface area contributed by atoms with Crippen LogP contribution in [0.1, 0.15) is 30.9 Å². The average Bonchev–Trinajstić information content (AvgIpc) is 2.90. The van der Waals surface area contributed by atoms with Crippen molar-refractivity contribution in [1.29, 1.82) is 0 Å². The number of carbonyl (C=O) groups excluding carboxylic acids is 1. The first-order valence-electron chi connectivity index (χ1n) is 11.3. The minimum Gasteiger partial charge on any atom is -0.388 e. The smallest absolute Gasteiger partial charge is 0.136 e. The highest BCUT2D eigenvalue weighted by Gasteiger charge is 2.25. The highest BCUT2D eigenvalue weighted by Crippen LogP contribution is 2.44. The van der Waals surface area contributed by atoms with Crippen molar-refractivity contribution in [2.24, 2.45) is 0 Å². The summed E-state index contributed by atoms with van der Waals surface area (Å²) in [6.07, 6.45) is 0.537. The fourth-order valence-electron chi connectivity index (χ4n) is 4.23. The van der Waals surface area contributed by atoms with Crippen LogP contribution < -0.4 is 15.9 Å². The molecule has 0 bridgehead atoms. The van der Waals surface area contributed by atoms with Gasteiger partial charge < -0.3 is 5.11 Å². The van der Waals surface area contributed by atoms with E-state index in [0.29, 0.717) is 19.3 Å². The molecule has 0 radical (unpaired) electrons. The quantitative estimate of drug-likeness (QED) is 0.352. The van der Waals surface area contributed by atoms with E-state index in [-0.39, 0.29) is 5.78 Å². The van der Waals surface area contributed by atoms with Gasteiger partial charge in [-0.15, -0.1) is 0 Å². The molecular weight excluding hydrogens is 423 g/mol. The lowest BCUT2D eigenvalue weighted by molar-refractivity contribution is -0.118. The lowest BCUT2D eigenvalue weighted by Gasteiger charge is -2.28. The summed E-state index contributed by atoms with van der Waals surface area (Å²) >= 11 is 0. The highest BCUT2D eigenvalue weighted by molar-refractivity contribution is 7.94. The lowest BCUT2D eigenvalue weighted by atomic mass is 10.0. The molecule has 4 rings (SSSR count). The molecule has 3 heteroatoms. The first-order chi connectivity index (χ1) is 16.2. The molecule has 0 aromatic heterocycles. The average molecular weight is 453 g/mol. The van der Waals surface area contributed by atoms with E-state index < -0.39 is 13.0 Å². The normalized spacial score (nSPS) is 12.2. The van der Waals surface area contributed by atoms with E-state index in [4.69, 9.17) is 0 Å². The Hall–Kier alpha value is -3.19. The number of Topliss-reactive ketones (excluding diaryl/α,β-unsaturated/α-hetero) is 1. The second-order valence-corrected chi connectivity index (χ2v) is 11.5. The number of rotatable bonds is 9. The van der Waals surface area contributed by atoms with Crippen LogP contribution in [0.3, 0.4) is 0 Å². The Balaban J connectivity index is 1.68. The highest BCUT2D eigenvalue weighted by atomic mass is 31.2. The molecule has 1 N–H and O–H groups in total. The minimum atomic E-state index is -2.12. The van der Waals surface area contributed by atoms with Crippen molar-refractivity contribution in [1.82, 2.24) is 0 Å². The molecular formula is C30H29O2P. The van der Waals surface area contributed by atoms with Gasteiger partial charge in [0.2, 0.25) is 0 Å². The Kier molecular flexibility index (Phi) is 7.73. The Morgan fingerprint density at radius 2 is 1.06 bits per heavy atom. The Labute approximate surface area is 196 Å². The standard InChI is InChI=1S/C30H29O2P/c31-26(21-22-30(32)25-13-5-1-6-14-25)23-24-33(27-15-7-2-8-16-27,28-17-9-3-10-18-28)29-19-11-4-12-20-29/h1-20,24,30,32H,21-23H2. The maximum absolute atomic E-state index is 13.0. The van der Waals surface area contributed by atoms with Crippen molar-refractivity contribution >= 4 is 34.4 Å². The van der Waals surface area contributed by atoms with E-state index in [0.717, 1.165) is 5.56 Å². The predicted molar refractivity (Wildman–Crippen MR) is 141 cm³/mol. The molecule has 166 valence electrons. The zero-order chi connectivity index (χ0) is 22.9. The van der Waals surface area contributed by atoms with Gasteiger partial charge in [0.15, 0.2) is 0 Å². The molecule has 1 unspecified atom stereocenters. The SMILES string of the molecule is O=C(CC=P(c1ccccc1)(c1ccccc1)c1ccccc1)CCC(O)c1ccccc1. The summed E-state index contributed by atoms with van der Waals surface area (Å²) in [6, 6.07) is 41.1. The number of benzene rings is 4. The molecule has 2 nitrogen and oxygen atoms in total. The molecule has 33 heavy (non-hydrogen) atoms. The molecule has 0 aliphatic carbocycles. The van der Waals surface area contributed by atoms with Crippen molar-refractivity contribution in [3.05, 3.63) is 127 Å². The Bertz CT molecular complexity index is 1100. The van der Waals surface area contributed by atoms with Crippen LogP contribution >= 0.6 is 6.89 Å². The van der Waals surface area contributed by atoms with Crippen molar-refractivity contribution in [3.63, 3.8) is 0 Å². The van der Waals surface area contributed by atoms with Crippen molar-refractivity contribution < 1.29 is 9.90 Å². The van der Waals surface area contributed by atoms with Gasteiger partial charge in [-0.25, -0.2) is 0 Å². The predicted octanol–water partition coefficient (Wildman–Crippen LogP) is 5.26. The molecule has 4 aromatic rings. The molecule has 0 heterocycles. The van der Waals surface area contributed by atoms with E-state index in [9.17, 15) is 9.90 Å². The topological polar surface area (TPSA) is 37.3 Å². The fraction of sp³-hybridized carbons (Fsp3) is 0.133. The van der Waals surface area contributed by atoms with Gasteiger partial charge in [-0.05, 0) is 34.8 Å². The van der Waals surface area contributed by atoms with Crippen LogP contribution in [-0.4, -0.2) is 16.7 Å². The summed E-state index contributed by atoms with van der Waals surface area (Å²) in [4.78, 5) is 13.0. The third-order valence-electron chi connectivity index (χ3n) is 5.96. The summed E-state index contributed by atoms with van der Waals surface area (Å²) in [6.45, 7) is -2.12. The second kappa shape index (κ2) is 11.1. The van der Waals surface area contributed by atoms with Gasteiger partial charge in [-0.3, -0.25) is 4.79 Å². The number of aliphatic hydroxyl groups is 1. The van der Waals surface area contributed by atoms with Crippen molar-refractivity contribution in [2.75, 3.05) is 0 Å². The van der Waals surface area contributed by atoms with Gasteiger partial charge in [0.25, 0.3) is 0 Å². The third-order valence-corrected chi connectivity index (χ3v) is 10.0. The van der Waals surface area contributed by atoms with Gasteiger partial charge in [0.1, 0.15) is 5.78 Å². The van der Waals surface area contributed by atoms with E-state index in [1.807, 2.05) is 48.5 Å². The monoisotopic (exact) mass is 452 g/mol. The van der Waals surface area contributed by atoms with E-state index in [2.05, 4.69) is 78.6 Å². The van der Waals surface area contributed by atoms with Gasteiger partial charge in [0, 0.05) is 12.8 Å². The first-order valence-corrected chi connectivity index (χ1v) is 13.2. The number of hydrogen-bond donors (Lipinski definition) is 1. The summed E-state index contributed by atoms with van der Waals surface area (Å²) < 4.78 is 0. The number of hydrogen-bond acceptors (Lipinski definition) is 2. The van der Waals surface area contributed by atoms with Crippen LogP contribution in [0.4, 0.5) is 0 Å². The first kappa shape index (κ1) is 23.0. The number of ketones is 1. The van der Waals surface area contributed by atoms with E-state index in [1.165, 1.54) is 15.9 Å². The van der Waals surface area contributed by atoms with Crippen molar-refractivity contribution in [2.45, 2.75) is 25.4 Å². The van der Waals surface area contributed by atoms with Crippen molar-refractivity contribution in [3.8, 4) is 0 Å². The molecule has 0 saturated carbocycles. The molecule has 0 spiro atoms. The zero-order valence-corrected chi connectivity index (χ0v) is 19.5. The Morgan fingerprint density at radius 1 is 0.667 bits per heavy atom. The minimum absolute atomic E-state index is 0.150. The third kappa shape index (κ3) is 5.42. The molecule has 0 saturated heterocycles. The molecule has 0 amide bonds. The summed E-state index contributed by atoms with van der Waals surface area (Å²) in [5.41, 5.74) is 0.856. The second-order valence-electron chi connectivity index (χ2n) is 8.12. The Morgan fingerprint density at radius 3 is 1.48 bits per heavy atom. The summed E-state index contributed by atoms with van der Waals surface area (Å²) in [7, 11) is 0. The number of aliphatic hydroxyl groups excluding tert-OH is 1. The molecule has 1 atom stereocenters. The molecule has 0 aliphatic heterocycles. The van der Waals surface area contributed by atoms with Gasteiger partial charge in [-0.1, -0.05) is 127 Å². The summed E-state index contributed by atoms with van der Waals surface area (Å²) in [5.74, 6) is 2.40. The van der Waals surface area contributed by atoms with Gasteiger partial charge in [0.05, 0.1) is 6.10 Å². The molecule has 4 aromatic carbocycles. The largest absolute Gasteiger partial charge is 0.388 e. The van der Waals surface area contributed by atoms with Crippen LogP contribution in [0.25, 0.3) is 0 Å². The number of carbonyl (C=O) groups is 1. The molecule has 0 fully saturated rings. The maximum atomic E-state index is 13.0. The maximum Gasteiger partial charge on any atom is 0.136 e. The lowest BCUT2D eigenvalue weighted by Crippen LogP contribution is -2.27. The van der Waals surface area contributed by atoms with Crippen LogP contribution in [0.15, 0.2) is 121 Å². The van der Waals surface area contributed by atoms with Crippen LogP contribution in [0.5, 0.6) is 0 Å².